The summed E-state index contributed by atoms with van der Waals surface area (Å²) in [5, 5.41) is 8.52. The lowest BCUT2D eigenvalue weighted by Crippen LogP contribution is -2.29. The van der Waals surface area contributed by atoms with Crippen molar-refractivity contribution in [3.63, 3.8) is 0 Å². The molecule has 0 saturated carbocycles. The second-order valence-corrected chi connectivity index (χ2v) is 6.63. The van der Waals surface area contributed by atoms with Gasteiger partial charge in [0, 0.05) is 11.1 Å². The second-order valence-electron chi connectivity index (χ2n) is 4.86. The molecule has 0 aliphatic rings. The molecule has 0 radical (unpaired) electrons. The predicted molar refractivity (Wildman–Crippen MR) is 86.4 cm³/mol. The van der Waals surface area contributed by atoms with Crippen molar-refractivity contribution in [2.75, 3.05) is 6.54 Å². The summed E-state index contributed by atoms with van der Waals surface area (Å²) >= 11 is 0. The van der Waals surface area contributed by atoms with Crippen molar-refractivity contribution in [2.45, 2.75) is 11.8 Å². The molecular formula is C17H15NO4S. The van der Waals surface area contributed by atoms with Crippen LogP contribution >= 0.6 is 0 Å². The van der Waals surface area contributed by atoms with Crippen molar-refractivity contribution in [1.82, 2.24) is 4.72 Å². The van der Waals surface area contributed by atoms with E-state index in [1.807, 2.05) is 35.9 Å². The minimum Gasteiger partial charge on any atom is -0.480 e. The van der Waals surface area contributed by atoms with Gasteiger partial charge in [-0.1, -0.05) is 29.5 Å². The highest BCUT2D eigenvalue weighted by molar-refractivity contribution is 7.89. The molecule has 0 spiro atoms. The van der Waals surface area contributed by atoms with E-state index in [0.717, 1.165) is 11.1 Å². The third-order valence-corrected chi connectivity index (χ3v) is 4.40. The molecule has 0 aromatic heterocycles. The Kier molecular flexibility index (Phi) is 5.16. The van der Waals surface area contributed by atoms with Crippen LogP contribution in [-0.2, 0) is 14.8 Å². The SMILES string of the molecule is Cc1ccc(C#Cc2ccc(S(=O)(=O)NCC(=O)O)cc2)cc1. The van der Waals surface area contributed by atoms with Gasteiger partial charge in [0.1, 0.15) is 6.54 Å². The number of carboxylic acid groups (broad SMARTS) is 1. The molecule has 2 aromatic carbocycles. The quantitative estimate of drug-likeness (QED) is 0.837. The first-order valence-corrected chi connectivity index (χ1v) is 8.25. The number of rotatable bonds is 4. The summed E-state index contributed by atoms with van der Waals surface area (Å²) < 4.78 is 25.7. The van der Waals surface area contributed by atoms with Gasteiger partial charge in [0.25, 0.3) is 0 Å². The van der Waals surface area contributed by atoms with Crippen molar-refractivity contribution in [1.29, 1.82) is 0 Å². The molecular weight excluding hydrogens is 314 g/mol. The third kappa shape index (κ3) is 4.95. The van der Waals surface area contributed by atoms with Crippen LogP contribution in [0, 0.1) is 18.8 Å². The van der Waals surface area contributed by atoms with Gasteiger partial charge in [-0.15, -0.1) is 0 Å². The van der Waals surface area contributed by atoms with E-state index in [4.69, 9.17) is 5.11 Å². The fourth-order valence-electron chi connectivity index (χ4n) is 1.74. The Hall–Kier alpha value is -2.62. The summed E-state index contributed by atoms with van der Waals surface area (Å²) in [6, 6.07) is 13.7. The maximum atomic E-state index is 11.8. The molecule has 0 unspecified atom stereocenters. The van der Waals surface area contributed by atoms with Crippen LogP contribution in [0.4, 0.5) is 0 Å². The number of carboxylic acids is 1. The van der Waals surface area contributed by atoms with Crippen molar-refractivity contribution in [3.05, 3.63) is 65.2 Å². The zero-order valence-corrected chi connectivity index (χ0v) is 13.2. The number of hydrogen-bond donors (Lipinski definition) is 2. The largest absolute Gasteiger partial charge is 0.480 e. The zero-order chi connectivity index (χ0) is 16.9. The van der Waals surface area contributed by atoms with Crippen LogP contribution in [0.2, 0.25) is 0 Å². The molecule has 0 bridgehead atoms. The highest BCUT2D eigenvalue weighted by Crippen LogP contribution is 2.10. The minimum absolute atomic E-state index is 0.000337. The first kappa shape index (κ1) is 16.7. The first-order chi connectivity index (χ1) is 10.9. The topological polar surface area (TPSA) is 83.5 Å². The monoisotopic (exact) mass is 329 g/mol. The van der Waals surface area contributed by atoms with Crippen LogP contribution < -0.4 is 4.72 Å². The predicted octanol–water partition coefficient (Wildman–Crippen LogP) is 1.76. The van der Waals surface area contributed by atoms with Crippen molar-refractivity contribution in [2.24, 2.45) is 0 Å². The number of benzene rings is 2. The average Bonchev–Trinajstić information content (AvgIpc) is 2.53. The van der Waals surface area contributed by atoms with E-state index in [9.17, 15) is 13.2 Å². The molecule has 118 valence electrons. The van der Waals surface area contributed by atoms with E-state index in [-0.39, 0.29) is 4.90 Å². The number of aliphatic carboxylic acids is 1. The molecule has 0 aliphatic carbocycles. The van der Waals surface area contributed by atoms with Crippen LogP contribution in [0.3, 0.4) is 0 Å². The fraction of sp³-hybridized carbons (Fsp3) is 0.118. The van der Waals surface area contributed by atoms with Crippen LogP contribution in [0.5, 0.6) is 0 Å². The molecule has 23 heavy (non-hydrogen) atoms. The molecule has 0 aliphatic heterocycles. The lowest BCUT2D eigenvalue weighted by molar-refractivity contribution is -0.135. The van der Waals surface area contributed by atoms with E-state index < -0.39 is 22.5 Å². The van der Waals surface area contributed by atoms with Gasteiger partial charge in [-0.3, -0.25) is 4.79 Å². The Morgan fingerprint density at radius 3 is 1.96 bits per heavy atom. The Morgan fingerprint density at radius 2 is 1.48 bits per heavy atom. The maximum Gasteiger partial charge on any atom is 0.318 e. The van der Waals surface area contributed by atoms with Crippen molar-refractivity contribution >= 4 is 16.0 Å². The summed E-state index contributed by atoms with van der Waals surface area (Å²) in [6.07, 6.45) is 0. The molecule has 6 heteroatoms. The smallest absolute Gasteiger partial charge is 0.318 e. The van der Waals surface area contributed by atoms with Gasteiger partial charge < -0.3 is 5.11 Å². The summed E-state index contributed by atoms with van der Waals surface area (Å²) in [6.45, 7) is 1.34. The summed E-state index contributed by atoms with van der Waals surface area (Å²) in [4.78, 5) is 10.4. The molecule has 0 heterocycles. The molecule has 0 fully saturated rings. The fourth-order valence-corrected chi connectivity index (χ4v) is 2.71. The van der Waals surface area contributed by atoms with Gasteiger partial charge >= 0.3 is 5.97 Å². The lowest BCUT2D eigenvalue weighted by atomic mass is 10.1. The Morgan fingerprint density at radius 1 is 1.00 bits per heavy atom. The number of nitrogens with one attached hydrogen (secondary N) is 1. The maximum absolute atomic E-state index is 11.8. The van der Waals surface area contributed by atoms with E-state index in [0.29, 0.717) is 5.56 Å². The Bertz CT molecular complexity index is 858. The molecule has 0 saturated heterocycles. The summed E-state index contributed by atoms with van der Waals surface area (Å²) in [5.74, 6) is 4.70. The van der Waals surface area contributed by atoms with Gasteiger partial charge in [-0.2, -0.15) is 4.72 Å². The number of sulfonamides is 1. The molecule has 2 rings (SSSR count). The van der Waals surface area contributed by atoms with Crippen molar-refractivity contribution in [3.8, 4) is 11.8 Å². The Balaban J connectivity index is 2.14. The second kappa shape index (κ2) is 7.09. The van der Waals surface area contributed by atoms with Gasteiger partial charge in [0.15, 0.2) is 0 Å². The Labute approximate surface area is 135 Å². The zero-order valence-electron chi connectivity index (χ0n) is 12.4. The van der Waals surface area contributed by atoms with E-state index in [1.54, 1.807) is 12.1 Å². The van der Waals surface area contributed by atoms with E-state index >= 15 is 0 Å². The standard InChI is InChI=1S/C17H15NO4S/c1-13-2-4-14(5-3-13)6-7-15-8-10-16(11-9-15)23(21,22)18-12-17(19)20/h2-5,8-11,18H,12H2,1H3,(H,19,20). The van der Waals surface area contributed by atoms with Gasteiger partial charge in [-0.25, -0.2) is 8.42 Å². The van der Waals surface area contributed by atoms with Gasteiger partial charge in [-0.05, 0) is 43.3 Å². The average molecular weight is 329 g/mol. The summed E-state index contributed by atoms with van der Waals surface area (Å²) in [5.41, 5.74) is 2.69. The highest BCUT2D eigenvalue weighted by atomic mass is 32.2. The number of aryl methyl sites for hydroxylation is 1. The molecule has 2 aromatic rings. The molecule has 5 nitrogen and oxygen atoms in total. The molecule has 0 atom stereocenters. The minimum atomic E-state index is -3.82. The van der Waals surface area contributed by atoms with E-state index in [1.165, 1.54) is 12.1 Å². The summed E-state index contributed by atoms with van der Waals surface area (Å²) in [7, 11) is -3.82. The van der Waals surface area contributed by atoms with Crippen LogP contribution in [0.25, 0.3) is 0 Å². The highest BCUT2D eigenvalue weighted by Gasteiger charge is 2.14. The third-order valence-electron chi connectivity index (χ3n) is 2.98. The lowest BCUT2D eigenvalue weighted by Gasteiger charge is -2.04. The van der Waals surface area contributed by atoms with E-state index in [2.05, 4.69) is 11.8 Å². The van der Waals surface area contributed by atoms with Crippen LogP contribution in [0.1, 0.15) is 16.7 Å². The number of carbonyl (C=O) groups is 1. The normalized spacial score (nSPS) is 10.7. The van der Waals surface area contributed by atoms with Crippen LogP contribution in [0.15, 0.2) is 53.4 Å². The number of hydrogen-bond acceptors (Lipinski definition) is 3. The molecule has 2 N–H and O–H groups in total. The molecule has 0 amide bonds. The van der Waals surface area contributed by atoms with Crippen molar-refractivity contribution < 1.29 is 18.3 Å². The van der Waals surface area contributed by atoms with Crippen LogP contribution in [-0.4, -0.2) is 26.0 Å². The van der Waals surface area contributed by atoms with Gasteiger partial charge in [0.2, 0.25) is 10.0 Å². The van der Waals surface area contributed by atoms with Gasteiger partial charge in [0.05, 0.1) is 4.90 Å². The first-order valence-electron chi connectivity index (χ1n) is 6.77.